The third kappa shape index (κ3) is 4.43. The Bertz CT molecular complexity index is 1180. The van der Waals surface area contributed by atoms with Gasteiger partial charge in [-0.05, 0) is 32.9 Å². The summed E-state index contributed by atoms with van der Waals surface area (Å²) < 4.78 is 33.2. The number of hydrogen-bond donors (Lipinski definition) is 1. The van der Waals surface area contributed by atoms with Crippen LogP contribution in [0.25, 0.3) is 4.96 Å². The van der Waals surface area contributed by atoms with Crippen molar-refractivity contribution in [2.75, 3.05) is 0 Å². The molecule has 1 N–H and O–H groups in total. The van der Waals surface area contributed by atoms with E-state index < -0.39 is 22.0 Å². The maximum Gasteiger partial charge on any atom is 0.324 e. The zero-order valence-electron chi connectivity index (χ0n) is 15.4. The Labute approximate surface area is 165 Å². The first kappa shape index (κ1) is 20.1. The second-order valence-electron chi connectivity index (χ2n) is 6.19. The molecule has 2 aromatic heterocycles. The number of carbonyl (C=O) groups excluding carboxylic acids is 1. The van der Waals surface area contributed by atoms with E-state index in [-0.39, 0.29) is 17.1 Å². The van der Waals surface area contributed by atoms with Gasteiger partial charge in [-0.15, -0.1) is 0 Å². The minimum Gasteiger partial charge on any atom is -0.457 e. The number of esters is 1. The number of aryl methyl sites for hydroxylation is 2. The van der Waals surface area contributed by atoms with Crippen LogP contribution in [0, 0.1) is 13.8 Å². The molecule has 1 aromatic carbocycles. The first-order valence-electron chi connectivity index (χ1n) is 8.28. The zero-order valence-corrected chi connectivity index (χ0v) is 17.0. The summed E-state index contributed by atoms with van der Waals surface area (Å²) in [6.07, 6.45) is 0. The molecule has 0 spiro atoms. The number of aromatic nitrogens is 3. The molecule has 11 heteroatoms. The summed E-state index contributed by atoms with van der Waals surface area (Å²) in [4.78, 5) is 28.7. The first-order chi connectivity index (χ1) is 13.2. The van der Waals surface area contributed by atoms with E-state index in [1.165, 1.54) is 25.1 Å². The molecule has 0 aliphatic carbocycles. The van der Waals surface area contributed by atoms with Gasteiger partial charge in [0.1, 0.15) is 12.6 Å². The van der Waals surface area contributed by atoms with Crippen LogP contribution < -0.4 is 10.3 Å². The Morgan fingerprint density at radius 1 is 1.29 bits per heavy atom. The monoisotopic (exact) mass is 422 g/mol. The van der Waals surface area contributed by atoms with Crippen LogP contribution in [-0.2, 0) is 26.2 Å². The molecule has 0 amide bonds. The molecule has 3 rings (SSSR count). The predicted octanol–water partition coefficient (Wildman–Crippen LogP) is 1.18. The highest BCUT2D eigenvalue weighted by Crippen LogP contribution is 2.14. The van der Waals surface area contributed by atoms with Crippen LogP contribution in [0.5, 0.6) is 0 Å². The van der Waals surface area contributed by atoms with Crippen molar-refractivity contribution < 1.29 is 17.9 Å². The molecule has 0 aliphatic heterocycles. The van der Waals surface area contributed by atoms with Gasteiger partial charge < -0.3 is 4.74 Å². The second-order valence-corrected chi connectivity index (χ2v) is 8.94. The van der Waals surface area contributed by atoms with E-state index in [4.69, 9.17) is 4.74 Å². The summed E-state index contributed by atoms with van der Waals surface area (Å²) in [6, 6.07) is 6.52. The van der Waals surface area contributed by atoms with Crippen molar-refractivity contribution in [1.29, 1.82) is 0 Å². The first-order valence-corrected chi connectivity index (χ1v) is 10.6. The van der Waals surface area contributed by atoms with Gasteiger partial charge in [0.2, 0.25) is 15.0 Å². The largest absolute Gasteiger partial charge is 0.457 e. The molecule has 2 heterocycles. The van der Waals surface area contributed by atoms with Gasteiger partial charge >= 0.3 is 5.97 Å². The molecular weight excluding hydrogens is 404 g/mol. The molecule has 28 heavy (non-hydrogen) atoms. The number of sulfonamides is 1. The molecule has 0 bridgehead atoms. The maximum atomic E-state index is 12.3. The fourth-order valence-electron chi connectivity index (χ4n) is 2.34. The standard InChI is InChI=1S/C17H18N4O5S2/c1-10-4-6-13(7-5-10)28(24,25)20-12(3)16(23)26-9-14-19-21-15(22)8-11(2)18-17(21)27-14/h4-8,12,20H,9H2,1-3H3/t12-/m0/s1. The highest BCUT2D eigenvalue weighted by molar-refractivity contribution is 7.89. The average Bonchev–Trinajstić information content (AvgIpc) is 3.02. The maximum absolute atomic E-state index is 12.3. The van der Waals surface area contributed by atoms with Gasteiger partial charge in [-0.25, -0.2) is 13.4 Å². The van der Waals surface area contributed by atoms with Crippen molar-refractivity contribution >= 4 is 32.3 Å². The SMILES string of the molecule is Cc1ccc(S(=O)(=O)N[C@@H](C)C(=O)OCc2nn3c(=O)cc(C)nc3s2)cc1. The van der Waals surface area contributed by atoms with Gasteiger partial charge in [0, 0.05) is 11.8 Å². The van der Waals surface area contributed by atoms with E-state index >= 15 is 0 Å². The van der Waals surface area contributed by atoms with Crippen molar-refractivity contribution in [2.24, 2.45) is 0 Å². The van der Waals surface area contributed by atoms with Crippen LogP contribution in [0.3, 0.4) is 0 Å². The number of carbonyl (C=O) groups is 1. The minimum absolute atomic E-state index is 0.0599. The Morgan fingerprint density at radius 2 is 1.96 bits per heavy atom. The number of fused-ring (bicyclic) bond motifs is 1. The summed E-state index contributed by atoms with van der Waals surface area (Å²) in [5.41, 5.74) is 1.16. The Kier molecular flexibility index (Phi) is 5.59. The zero-order chi connectivity index (χ0) is 20.5. The van der Waals surface area contributed by atoms with Crippen molar-refractivity contribution in [3.63, 3.8) is 0 Å². The van der Waals surface area contributed by atoms with Crippen LogP contribution in [0.1, 0.15) is 23.2 Å². The van der Waals surface area contributed by atoms with Gasteiger partial charge in [-0.1, -0.05) is 29.0 Å². The average molecular weight is 422 g/mol. The molecule has 148 valence electrons. The molecule has 3 aromatic rings. The smallest absolute Gasteiger partial charge is 0.324 e. The van der Waals surface area contributed by atoms with Crippen molar-refractivity contribution in [1.82, 2.24) is 19.3 Å². The summed E-state index contributed by atoms with van der Waals surface area (Å²) >= 11 is 1.12. The molecule has 0 saturated carbocycles. The van der Waals surface area contributed by atoms with E-state index in [9.17, 15) is 18.0 Å². The van der Waals surface area contributed by atoms with E-state index in [1.54, 1.807) is 19.1 Å². The van der Waals surface area contributed by atoms with Crippen molar-refractivity contribution in [2.45, 2.75) is 38.3 Å². The number of benzene rings is 1. The Hall–Kier alpha value is -2.63. The third-order valence-corrected chi connectivity index (χ3v) is 6.21. The number of ether oxygens (including phenoxy) is 1. The normalized spacial score (nSPS) is 12.8. The predicted molar refractivity (Wildman–Crippen MR) is 103 cm³/mol. The summed E-state index contributed by atoms with van der Waals surface area (Å²) in [5.74, 6) is -0.758. The lowest BCUT2D eigenvalue weighted by Gasteiger charge is -2.13. The molecular formula is C17H18N4O5S2. The minimum atomic E-state index is -3.85. The lowest BCUT2D eigenvalue weighted by molar-refractivity contribution is -0.146. The molecule has 0 aliphatic rings. The number of hydrogen-bond acceptors (Lipinski definition) is 8. The van der Waals surface area contributed by atoms with Crippen LogP contribution >= 0.6 is 11.3 Å². The lowest BCUT2D eigenvalue weighted by Crippen LogP contribution is -2.39. The summed E-state index contributed by atoms with van der Waals surface area (Å²) in [6.45, 7) is 4.74. The van der Waals surface area contributed by atoms with E-state index in [2.05, 4.69) is 14.8 Å². The third-order valence-electron chi connectivity index (χ3n) is 3.77. The highest BCUT2D eigenvalue weighted by Gasteiger charge is 2.23. The molecule has 0 unspecified atom stereocenters. The fraction of sp³-hybridized carbons (Fsp3) is 0.294. The Morgan fingerprint density at radius 3 is 2.64 bits per heavy atom. The van der Waals surface area contributed by atoms with Gasteiger partial charge in [-0.2, -0.15) is 14.3 Å². The number of nitrogens with one attached hydrogen (secondary N) is 1. The second kappa shape index (κ2) is 7.78. The van der Waals surface area contributed by atoms with Gasteiger partial charge in [0.25, 0.3) is 5.56 Å². The fourth-order valence-corrected chi connectivity index (χ4v) is 4.39. The van der Waals surface area contributed by atoms with Gasteiger partial charge in [-0.3, -0.25) is 9.59 Å². The van der Waals surface area contributed by atoms with Crippen molar-refractivity contribution in [3.05, 3.63) is 57.0 Å². The van der Waals surface area contributed by atoms with Gasteiger partial charge in [0.15, 0.2) is 5.01 Å². The van der Waals surface area contributed by atoms with Gasteiger partial charge in [0.05, 0.1) is 4.90 Å². The summed E-state index contributed by atoms with van der Waals surface area (Å²) in [7, 11) is -3.85. The lowest BCUT2D eigenvalue weighted by atomic mass is 10.2. The summed E-state index contributed by atoms with van der Waals surface area (Å²) in [5, 5.41) is 4.43. The topological polar surface area (TPSA) is 120 Å². The number of nitrogens with zero attached hydrogens (tertiary/aromatic N) is 3. The van der Waals surface area contributed by atoms with E-state index in [0.717, 1.165) is 21.4 Å². The molecule has 0 radical (unpaired) electrons. The molecule has 0 fully saturated rings. The molecule has 9 nitrogen and oxygen atoms in total. The van der Waals surface area contributed by atoms with Crippen LogP contribution in [-0.4, -0.2) is 35.0 Å². The number of rotatable bonds is 6. The molecule has 1 atom stereocenters. The van der Waals surface area contributed by atoms with E-state index in [1.807, 2.05) is 6.92 Å². The Balaban J connectivity index is 1.65. The van der Waals surface area contributed by atoms with Crippen LogP contribution in [0.15, 0.2) is 40.0 Å². The van der Waals surface area contributed by atoms with E-state index in [0.29, 0.717) is 15.7 Å². The van der Waals surface area contributed by atoms with Crippen LogP contribution in [0.4, 0.5) is 0 Å². The quantitative estimate of drug-likeness (QED) is 0.592. The van der Waals surface area contributed by atoms with Crippen molar-refractivity contribution in [3.8, 4) is 0 Å². The molecule has 0 saturated heterocycles. The van der Waals surface area contributed by atoms with Crippen LogP contribution in [0.2, 0.25) is 0 Å². The highest BCUT2D eigenvalue weighted by atomic mass is 32.2.